The van der Waals surface area contributed by atoms with Gasteiger partial charge in [0.15, 0.2) is 6.61 Å². The van der Waals surface area contributed by atoms with Crippen LogP contribution in [0.25, 0.3) is 0 Å². The maximum absolute atomic E-state index is 12.7. The number of amides is 2. The number of hydrogen-bond donors (Lipinski definition) is 2. The molecular weight excluding hydrogens is 424 g/mol. The molecule has 1 atom stereocenters. The summed E-state index contributed by atoms with van der Waals surface area (Å²) in [5.41, 5.74) is 3.18. The molecule has 0 unspecified atom stereocenters. The summed E-state index contributed by atoms with van der Waals surface area (Å²) in [5, 5.41) is 15.2. The van der Waals surface area contributed by atoms with Gasteiger partial charge in [0.05, 0.1) is 19.4 Å². The SMILES string of the molecule is CC(C)(C)OC(=O)N[C@@H](COCc1ccccc1)C(=O)N/N=C\c1ccccc1OCC#N. The Kier molecular flexibility index (Phi) is 9.86. The number of nitrogens with zero attached hydrogens (tertiary/aromatic N) is 2. The van der Waals surface area contributed by atoms with Gasteiger partial charge in [-0.05, 0) is 38.5 Å². The molecule has 0 aliphatic carbocycles. The first-order valence-electron chi connectivity index (χ1n) is 10.3. The van der Waals surface area contributed by atoms with E-state index in [4.69, 9.17) is 19.5 Å². The first-order chi connectivity index (χ1) is 15.8. The molecule has 0 spiro atoms. The van der Waals surface area contributed by atoms with Gasteiger partial charge in [-0.3, -0.25) is 4.79 Å². The van der Waals surface area contributed by atoms with E-state index in [9.17, 15) is 9.59 Å². The zero-order valence-electron chi connectivity index (χ0n) is 18.9. The van der Waals surface area contributed by atoms with Crippen LogP contribution in [0.3, 0.4) is 0 Å². The zero-order chi connectivity index (χ0) is 24.1. The Morgan fingerprint density at radius 3 is 2.52 bits per heavy atom. The normalized spacial score (nSPS) is 11.9. The smallest absolute Gasteiger partial charge is 0.408 e. The lowest BCUT2D eigenvalue weighted by molar-refractivity contribution is -0.124. The van der Waals surface area contributed by atoms with Crippen LogP contribution in [-0.2, 0) is 20.9 Å². The molecule has 9 heteroatoms. The van der Waals surface area contributed by atoms with E-state index in [2.05, 4.69) is 15.8 Å². The molecule has 0 saturated heterocycles. The summed E-state index contributed by atoms with van der Waals surface area (Å²) in [5.74, 6) is -0.132. The highest BCUT2D eigenvalue weighted by molar-refractivity contribution is 5.88. The molecule has 0 radical (unpaired) electrons. The predicted octanol–water partition coefficient (Wildman–Crippen LogP) is 3.15. The topological polar surface area (TPSA) is 122 Å². The second-order valence-corrected chi connectivity index (χ2v) is 7.92. The summed E-state index contributed by atoms with van der Waals surface area (Å²) in [7, 11) is 0. The van der Waals surface area contributed by atoms with Crippen molar-refractivity contribution in [1.29, 1.82) is 5.26 Å². The van der Waals surface area contributed by atoms with Crippen LogP contribution in [0.5, 0.6) is 5.75 Å². The lowest BCUT2D eigenvalue weighted by Gasteiger charge is -2.22. The van der Waals surface area contributed by atoms with Gasteiger partial charge in [0, 0.05) is 5.56 Å². The van der Waals surface area contributed by atoms with Crippen molar-refractivity contribution in [3.63, 3.8) is 0 Å². The number of alkyl carbamates (subject to hydrolysis) is 1. The molecule has 0 saturated carbocycles. The largest absolute Gasteiger partial charge is 0.478 e. The highest BCUT2D eigenvalue weighted by Gasteiger charge is 2.24. The van der Waals surface area contributed by atoms with Crippen molar-refractivity contribution in [2.75, 3.05) is 13.2 Å². The number of rotatable bonds is 10. The zero-order valence-corrected chi connectivity index (χ0v) is 18.9. The lowest BCUT2D eigenvalue weighted by Crippen LogP contribution is -2.49. The molecule has 2 aromatic rings. The lowest BCUT2D eigenvalue weighted by atomic mass is 10.2. The molecule has 9 nitrogen and oxygen atoms in total. The number of hydrogen-bond acceptors (Lipinski definition) is 7. The van der Waals surface area contributed by atoms with Gasteiger partial charge < -0.3 is 19.5 Å². The van der Waals surface area contributed by atoms with E-state index >= 15 is 0 Å². The number of benzene rings is 2. The number of carbonyl (C=O) groups excluding carboxylic acids is 2. The molecule has 2 rings (SSSR count). The molecule has 0 fully saturated rings. The van der Waals surface area contributed by atoms with E-state index in [0.29, 0.717) is 11.3 Å². The summed E-state index contributed by atoms with van der Waals surface area (Å²) >= 11 is 0. The van der Waals surface area contributed by atoms with Crippen LogP contribution in [0, 0.1) is 11.3 Å². The number of nitriles is 1. The van der Waals surface area contributed by atoms with Gasteiger partial charge in [-0.25, -0.2) is 10.2 Å². The molecule has 0 aliphatic heterocycles. The third kappa shape index (κ3) is 9.84. The van der Waals surface area contributed by atoms with Crippen LogP contribution in [0.2, 0.25) is 0 Å². The molecule has 0 aromatic heterocycles. The maximum atomic E-state index is 12.7. The predicted molar refractivity (Wildman–Crippen MR) is 123 cm³/mol. The Labute approximate surface area is 193 Å². The summed E-state index contributed by atoms with van der Waals surface area (Å²) in [6.07, 6.45) is 0.644. The molecular formula is C24H28N4O5. The molecule has 2 aromatic carbocycles. The minimum Gasteiger partial charge on any atom is -0.478 e. The van der Waals surface area contributed by atoms with Crippen LogP contribution in [-0.4, -0.2) is 43.1 Å². The minimum atomic E-state index is -1.04. The monoisotopic (exact) mass is 452 g/mol. The van der Waals surface area contributed by atoms with E-state index in [0.717, 1.165) is 5.56 Å². The number of ether oxygens (including phenoxy) is 3. The van der Waals surface area contributed by atoms with E-state index in [1.54, 1.807) is 45.0 Å². The minimum absolute atomic E-state index is 0.0860. The molecule has 0 heterocycles. The number of nitrogens with one attached hydrogen (secondary N) is 2. The Morgan fingerprint density at radius 1 is 1.12 bits per heavy atom. The quantitative estimate of drug-likeness (QED) is 0.422. The summed E-state index contributed by atoms with van der Waals surface area (Å²) in [6.45, 7) is 5.25. The van der Waals surface area contributed by atoms with Crippen molar-refractivity contribution in [2.45, 2.75) is 39.0 Å². The van der Waals surface area contributed by atoms with Gasteiger partial charge in [-0.2, -0.15) is 10.4 Å². The van der Waals surface area contributed by atoms with E-state index in [1.807, 2.05) is 36.4 Å². The molecule has 0 bridgehead atoms. The molecule has 33 heavy (non-hydrogen) atoms. The fraction of sp³-hybridized carbons (Fsp3) is 0.333. The van der Waals surface area contributed by atoms with Gasteiger partial charge in [-0.15, -0.1) is 0 Å². The number of hydrazone groups is 1. The highest BCUT2D eigenvalue weighted by atomic mass is 16.6. The second kappa shape index (κ2) is 12.8. The average molecular weight is 453 g/mol. The Bertz CT molecular complexity index is 980. The van der Waals surface area contributed by atoms with Crippen LogP contribution in [0.15, 0.2) is 59.7 Å². The van der Waals surface area contributed by atoms with Crippen LogP contribution in [0.4, 0.5) is 4.79 Å². The van der Waals surface area contributed by atoms with E-state index < -0.39 is 23.6 Å². The number of carbonyl (C=O) groups is 2. The van der Waals surface area contributed by atoms with Crippen molar-refractivity contribution in [1.82, 2.24) is 10.7 Å². The van der Waals surface area contributed by atoms with Gasteiger partial charge in [0.2, 0.25) is 0 Å². The van der Waals surface area contributed by atoms with Crippen molar-refractivity contribution in [3.05, 3.63) is 65.7 Å². The van der Waals surface area contributed by atoms with Crippen molar-refractivity contribution in [2.24, 2.45) is 5.10 Å². The fourth-order valence-electron chi connectivity index (χ4n) is 2.57. The third-order valence-electron chi connectivity index (χ3n) is 3.99. The van der Waals surface area contributed by atoms with Crippen molar-refractivity contribution in [3.8, 4) is 11.8 Å². The van der Waals surface area contributed by atoms with Gasteiger partial charge in [-0.1, -0.05) is 42.5 Å². The molecule has 2 amide bonds. The Balaban J connectivity index is 2.01. The highest BCUT2D eigenvalue weighted by Crippen LogP contribution is 2.15. The summed E-state index contributed by atoms with van der Waals surface area (Å²) < 4.78 is 16.2. The number of para-hydroxylation sites is 1. The average Bonchev–Trinajstić information content (AvgIpc) is 2.77. The van der Waals surface area contributed by atoms with Crippen molar-refractivity contribution < 1.29 is 23.8 Å². The molecule has 0 aliphatic rings. The fourth-order valence-corrected chi connectivity index (χ4v) is 2.57. The first kappa shape index (κ1) is 25.4. The van der Waals surface area contributed by atoms with E-state index in [1.165, 1.54) is 6.21 Å². The second-order valence-electron chi connectivity index (χ2n) is 7.92. The van der Waals surface area contributed by atoms with Crippen LogP contribution < -0.4 is 15.5 Å². The van der Waals surface area contributed by atoms with Crippen molar-refractivity contribution >= 4 is 18.2 Å². The van der Waals surface area contributed by atoms with Crippen LogP contribution in [0.1, 0.15) is 31.9 Å². The standard InChI is InChI=1S/C24H28N4O5/c1-24(2,3)33-23(30)27-20(17-31-16-18-9-5-4-6-10-18)22(29)28-26-15-19-11-7-8-12-21(19)32-14-13-25/h4-12,15,20H,14,16-17H2,1-3H3,(H,27,30)(H,28,29)/b26-15-/t20-/m0/s1. The van der Waals surface area contributed by atoms with Gasteiger partial charge in [0.25, 0.3) is 5.91 Å². The Morgan fingerprint density at radius 2 is 1.82 bits per heavy atom. The molecule has 2 N–H and O–H groups in total. The van der Waals surface area contributed by atoms with E-state index in [-0.39, 0.29) is 19.8 Å². The Hall–Kier alpha value is -3.90. The first-order valence-corrected chi connectivity index (χ1v) is 10.3. The summed E-state index contributed by atoms with van der Waals surface area (Å²) in [4.78, 5) is 24.9. The summed E-state index contributed by atoms with van der Waals surface area (Å²) in [6, 6.07) is 17.2. The van der Waals surface area contributed by atoms with Gasteiger partial charge >= 0.3 is 6.09 Å². The maximum Gasteiger partial charge on any atom is 0.408 e. The van der Waals surface area contributed by atoms with Gasteiger partial charge in [0.1, 0.15) is 23.5 Å². The van der Waals surface area contributed by atoms with Crippen LogP contribution >= 0.6 is 0 Å². The molecule has 174 valence electrons. The third-order valence-corrected chi connectivity index (χ3v) is 3.99.